The highest BCUT2D eigenvalue weighted by atomic mass is 32.1. The van der Waals surface area contributed by atoms with Crippen LogP contribution < -0.4 is 5.32 Å². The predicted molar refractivity (Wildman–Crippen MR) is 75.7 cm³/mol. The van der Waals surface area contributed by atoms with Gasteiger partial charge in [0, 0.05) is 34.1 Å². The fourth-order valence-electron chi connectivity index (χ4n) is 1.96. The summed E-state index contributed by atoms with van der Waals surface area (Å²) in [6.45, 7) is 3.01. The van der Waals surface area contributed by atoms with Gasteiger partial charge in [-0.15, -0.1) is 11.3 Å². The van der Waals surface area contributed by atoms with E-state index in [2.05, 4.69) is 52.5 Å². The number of nitrogens with one attached hydrogen (secondary N) is 2. The third-order valence-electron chi connectivity index (χ3n) is 3.02. The van der Waals surface area contributed by atoms with Gasteiger partial charge in [-0.25, -0.2) is 4.98 Å². The molecule has 1 unspecified atom stereocenters. The number of benzene rings is 1. The molecule has 1 atom stereocenters. The van der Waals surface area contributed by atoms with E-state index in [0.717, 1.165) is 12.2 Å². The molecule has 0 aliphatic carbocycles. The van der Waals surface area contributed by atoms with Gasteiger partial charge < -0.3 is 10.3 Å². The summed E-state index contributed by atoms with van der Waals surface area (Å²) < 4.78 is 1.35. The minimum absolute atomic E-state index is 0.353. The lowest BCUT2D eigenvalue weighted by Gasteiger charge is -2.10. The second-order valence-electron chi connectivity index (χ2n) is 4.37. The second-order valence-corrected chi connectivity index (χ2v) is 5.48. The second kappa shape index (κ2) is 4.92. The lowest BCUT2D eigenvalue weighted by Crippen LogP contribution is -2.17. The van der Waals surface area contributed by atoms with E-state index in [9.17, 15) is 0 Å². The molecule has 1 aromatic carbocycles. The van der Waals surface area contributed by atoms with E-state index in [4.69, 9.17) is 0 Å². The number of imidazole rings is 1. The van der Waals surface area contributed by atoms with Gasteiger partial charge in [0.25, 0.3) is 0 Å². The number of H-pyrrole nitrogens is 1. The highest BCUT2D eigenvalue weighted by Gasteiger charge is 2.09. The van der Waals surface area contributed by atoms with Crippen LogP contribution in [-0.4, -0.2) is 9.97 Å². The maximum atomic E-state index is 4.01. The molecule has 3 aromatic rings. The maximum absolute atomic E-state index is 4.01. The van der Waals surface area contributed by atoms with Crippen LogP contribution in [0.25, 0.3) is 10.1 Å². The average molecular weight is 257 g/mol. The zero-order chi connectivity index (χ0) is 12.4. The van der Waals surface area contributed by atoms with Crippen LogP contribution >= 0.6 is 11.3 Å². The summed E-state index contributed by atoms with van der Waals surface area (Å²) in [5.41, 5.74) is 1.11. The molecule has 3 rings (SSSR count). The molecule has 0 saturated heterocycles. The summed E-state index contributed by atoms with van der Waals surface area (Å²) in [7, 11) is 0. The Morgan fingerprint density at radius 2 is 2.28 bits per heavy atom. The molecule has 0 saturated carbocycles. The molecule has 2 aromatic heterocycles. The number of nitrogens with zero attached hydrogens (tertiary/aromatic N) is 1. The van der Waals surface area contributed by atoms with Crippen LogP contribution in [-0.2, 0) is 6.54 Å². The first-order chi connectivity index (χ1) is 8.83. The fourth-order valence-corrected chi connectivity index (χ4v) is 3.05. The summed E-state index contributed by atoms with van der Waals surface area (Å²) in [5, 5.41) is 4.83. The summed E-state index contributed by atoms with van der Waals surface area (Å²) in [5.74, 6) is 0. The van der Waals surface area contributed by atoms with Crippen molar-refractivity contribution in [2.75, 3.05) is 0 Å². The summed E-state index contributed by atoms with van der Waals surface area (Å²) in [6.07, 6.45) is 3.56. The van der Waals surface area contributed by atoms with Crippen molar-refractivity contribution in [2.45, 2.75) is 19.5 Å². The van der Waals surface area contributed by atoms with Crippen LogP contribution in [0, 0.1) is 0 Å². The maximum Gasteiger partial charge on any atom is 0.0922 e. The van der Waals surface area contributed by atoms with Crippen LogP contribution in [0.15, 0.2) is 42.9 Å². The number of hydrogen-bond acceptors (Lipinski definition) is 3. The van der Waals surface area contributed by atoms with Crippen molar-refractivity contribution < 1.29 is 0 Å². The number of fused-ring (bicyclic) bond motifs is 1. The Balaban J connectivity index is 1.73. The quantitative estimate of drug-likeness (QED) is 0.751. The Bertz CT molecular complexity index is 594. The number of aromatic nitrogens is 2. The third-order valence-corrected chi connectivity index (χ3v) is 4.32. The first-order valence-corrected chi connectivity index (χ1v) is 6.84. The molecule has 2 N–H and O–H groups in total. The number of hydrogen-bond donors (Lipinski definition) is 2. The molecule has 3 nitrogen and oxygen atoms in total. The van der Waals surface area contributed by atoms with Gasteiger partial charge in [0.2, 0.25) is 0 Å². The van der Waals surface area contributed by atoms with E-state index < -0.39 is 0 Å². The van der Waals surface area contributed by atoms with E-state index in [0.29, 0.717) is 6.04 Å². The van der Waals surface area contributed by atoms with Gasteiger partial charge in [-0.1, -0.05) is 18.2 Å². The van der Waals surface area contributed by atoms with Gasteiger partial charge in [-0.2, -0.15) is 0 Å². The molecule has 92 valence electrons. The smallest absolute Gasteiger partial charge is 0.0922 e. The first kappa shape index (κ1) is 11.4. The topological polar surface area (TPSA) is 40.7 Å². The molecular weight excluding hydrogens is 242 g/mol. The van der Waals surface area contributed by atoms with Crippen molar-refractivity contribution in [2.24, 2.45) is 0 Å². The molecule has 0 aliphatic heterocycles. The van der Waals surface area contributed by atoms with Crippen molar-refractivity contribution in [3.8, 4) is 0 Å². The van der Waals surface area contributed by atoms with Crippen LogP contribution in [0.5, 0.6) is 0 Å². The molecule has 0 fully saturated rings. The van der Waals surface area contributed by atoms with Crippen LogP contribution in [0.3, 0.4) is 0 Å². The Labute approximate surface area is 110 Å². The van der Waals surface area contributed by atoms with E-state index in [1.165, 1.54) is 15.0 Å². The van der Waals surface area contributed by atoms with Gasteiger partial charge in [-0.05, 0) is 24.4 Å². The largest absolute Gasteiger partial charge is 0.347 e. The standard InChI is InChI=1S/C14H15N3S/c1-10(16-8-12-7-15-9-17-12)14-6-11-4-2-3-5-13(11)18-14/h2-7,9-10,16H,8H2,1H3,(H,15,17). The molecular formula is C14H15N3S. The van der Waals surface area contributed by atoms with E-state index in [1.807, 2.05) is 17.5 Å². The third kappa shape index (κ3) is 2.30. The number of thiophene rings is 1. The minimum atomic E-state index is 0.353. The molecule has 0 spiro atoms. The van der Waals surface area contributed by atoms with Gasteiger partial charge >= 0.3 is 0 Å². The molecule has 0 aliphatic rings. The average Bonchev–Trinajstić information content (AvgIpc) is 3.04. The Hall–Kier alpha value is -1.65. The number of aromatic amines is 1. The van der Waals surface area contributed by atoms with Crippen molar-refractivity contribution in [1.29, 1.82) is 0 Å². The van der Waals surface area contributed by atoms with E-state index in [1.54, 1.807) is 6.33 Å². The molecule has 2 heterocycles. The summed E-state index contributed by atoms with van der Waals surface area (Å²) in [6, 6.07) is 11.1. The van der Waals surface area contributed by atoms with Gasteiger partial charge in [0.1, 0.15) is 0 Å². The van der Waals surface area contributed by atoms with Gasteiger partial charge in [0.15, 0.2) is 0 Å². The van der Waals surface area contributed by atoms with E-state index in [-0.39, 0.29) is 0 Å². The van der Waals surface area contributed by atoms with E-state index >= 15 is 0 Å². The van der Waals surface area contributed by atoms with Crippen LogP contribution in [0.1, 0.15) is 23.5 Å². The Morgan fingerprint density at radius 3 is 3.06 bits per heavy atom. The van der Waals surface area contributed by atoms with Crippen LogP contribution in [0.2, 0.25) is 0 Å². The lowest BCUT2D eigenvalue weighted by atomic mass is 10.2. The Kier molecular flexibility index (Phi) is 3.13. The zero-order valence-electron chi connectivity index (χ0n) is 10.2. The van der Waals surface area contributed by atoms with Crippen molar-refractivity contribution in [1.82, 2.24) is 15.3 Å². The lowest BCUT2D eigenvalue weighted by molar-refractivity contribution is 0.577. The van der Waals surface area contributed by atoms with Crippen molar-refractivity contribution in [3.05, 3.63) is 53.4 Å². The molecule has 0 bridgehead atoms. The van der Waals surface area contributed by atoms with Crippen molar-refractivity contribution >= 4 is 21.4 Å². The molecule has 0 radical (unpaired) electrons. The summed E-state index contributed by atoms with van der Waals surface area (Å²) >= 11 is 1.85. The molecule has 0 amide bonds. The Morgan fingerprint density at radius 1 is 1.39 bits per heavy atom. The SMILES string of the molecule is CC(NCc1cnc[nH]1)c1cc2ccccc2s1. The highest BCUT2D eigenvalue weighted by molar-refractivity contribution is 7.19. The van der Waals surface area contributed by atoms with Crippen LogP contribution in [0.4, 0.5) is 0 Å². The first-order valence-electron chi connectivity index (χ1n) is 6.02. The monoisotopic (exact) mass is 257 g/mol. The van der Waals surface area contributed by atoms with Gasteiger partial charge in [-0.3, -0.25) is 0 Å². The highest BCUT2D eigenvalue weighted by Crippen LogP contribution is 2.29. The fraction of sp³-hybridized carbons (Fsp3) is 0.214. The normalized spacial score (nSPS) is 12.9. The minimum Gasteiger partial charge on any atom is -0.347 e. The molecule has 18 heavy (non-hydrogen) atoms. The van der Waals surface area contributed by atoms with Crippen molar-refractivity contribution in [3.63, 3.8) is 0 Å². The predicted octanol–water partition coefficient (Wildman–Crippen LogP) is 3.48. The van der Waals surface area contributed by atoms with Gasteiger partial charge in [0.05, 0.1) is 6.33 Å². The summed E-state index contributed by atoms with van der Waals surface area (Å²) in [4.78, 5) is 8.49. The number of rotatable bonds is 4. The zero-order valence-corrected chi connectivity index (χ0v) is 11.0. The molecule has 4 heteroatoms.